The molecule has 190 valence electrons. The molecule has 4 nitrogen and oxygen atoms in total. The zero-order valence-corrected chi connectivity index (χ0v) is 20.0. The first-order chi connectivity index (χ1) is 15.2. The van der Waals surface area contributed by atoms with E-state index in [1.54, 1.807) is 12.1 Å². The molecule has 0 aromatic heterocycles. The van der Waals surface area contributed by atoms with Crippen LogP contribution in [0.2, 0.25) is 0 Å². The van der Waals surface area contributed by atoms with E-state index in [2.05, 4.69) is 39.4 Å². The van der Waals surface area contributed by atoms with Crippen LogP contribution in [-0.4, -0.2) is 26.9 Å². The lowest BCUT2D eigenvalue weighted by molar-refractivity contribution is -0.304. The molecule has 0 spiro atoms. The van der Waals surface area contributed by atoms with Crippen molar-refractivity contribution in [3.8, 4) is 11.5 Å². The lowest BCUT2D eigenvalue weighted by Crippen LogP contribution is -2.45. The monoisotopic (exact) mass is 512 g/mol. The minimum atomic E-state index is -5.84. The summed E-state index contributed by atoms with van der Waals surface area (Å²) in [6, 6.07) is 9.37. The van der Waals surface area contributed by atoms with Gasteiger partial charge in [-0.15, -0.1) is 0 Å². The molecule has 2 rings (SSSR count). The lowest BCUT2D eigenvalue weighted by atomic mass is 9.72. The lowest BCUT2D eigenvalue weighted by Gasteiger charge is -2.33. The van der Waals surface area contributed by atoms with E-state index >= 15 is 0 Å². The summed E-state index contributed by atoms with van der Waals surface area (Å²) >= 11 is 0. The van der Waals surface area contributed by atoms with Crippen LogP contribution in [0.25, 0.3) is 0 Å². The molecule has 2 aromatic carbocycles. The molecule has 0 heterocycles. The molecule has 0 N–H and O–H groups in total. The van der Waals surface area contributed by atoms with E-state index in [1.165, 1.54) is 12.1 Å². The van der Waals surface area contributed by atoms with Crippen molar-refractivity contribution < 1.29 is 43.7 Å². The molecule has 1 unspecified atom stereocenters. The van der Waals surface area contributed by atoms with Crippen LogP contribution in [0, 0.1) is 5.41 Å². The molecule has 0 saturated carbocycles. The highest BCUT2D eigenvalue weighted by Gasteiger charge is 2.59. The van der Waals surface area contributed by atoms with E-state index in [0.717, 1.165) is 24.1 Å². The van der Waals surface area contributed by atoms with Gasteiger partial charge in [0.1, 0.15) is 16.4 Å². The summed E-state index contributed by atoms with van der Waals surface area (Å²) in [5.41, 5.74) is 0.859. The number of alkyl halides is 6. The maximum absolute atomic E-state index is 13.4. The van der Waals surface area contributed by atoms with Crippen LogP contribution in [0.5, 0.6) is 11.5 Å². The molecule has 0 amide bonds. The largest absolute Gasteiger partial charge is 0.439 e. The first-order valence-corrected chi connectivity index (χ1v) is 11.6. The fourth-order valence-corrected chi connectivity index (χ4v) is 4.57. The number of ether oxygens (including phenoxy) is 1. The van der Waals surface area contributed by atoms with E-state index in [9.17, 15) is 34.8 Å². The van der Waals surface area contributed by atoms with Crippen LogP contribution in [0.4, 0.5) is 26.3 Å². The van der Waals surface area contributed by atoms with Crippen molar-refractivity contribution in [1.29, 1.82) is 0 Å². The maximum atomic E-state index is 13.4. The maximum Gasteiger partial charge on any atom is 0.439 e. The van der Waals surface area contributed by atoms with Crippen molar-refractivity contribution in [2.45, 2.75) is 69.8 Å². The Morgan fingerprint density at radius 3 is 1.71 bits per heavy atom. The van der Waals surface area contributed by atoms with E-state index in [-0.39, 0.29) is 16.6 Å². The van der Waals surface area contributed by atoms with Gasteiger partial charge < -0.3 is 8.92 Å². The number of rotatable bonds is 8. The Morgan fingerprint density at radius 1 is 0.794 bits per heavy atom. The Labute approximate surface area is 195 Å². The minimum absolute atomic E-state index is 0.00705. The Balaban J connectivity index is 2.14. The van der Waals surface area contributed by atoms with Crippen LogP contribution < -0.4 is 8.92 Å². The minimum Gasteiger partial charge on any atom is -0.430 e. The van der Waals surface area contributed by atoms with Crippen LogP contribution in [0.1, 0.15) is 46.6 Å². The molecule has 0 bridgehead atoms. The van der Waals surface area contributed by atoms with Crippen LogP contribution in [0.3, 0.4) is 0 Å². The van der Waals surface area contributed by atoms with Gasteiger partial charge in [0.05, 0.1) is 0 Å². The van der Waals surface area contributed by atoms with Gasteiger partial charge in [0.2, 0.25) is 0 Å². The molecule has 2 aromatic rings. The Bertz CT molecular complexity index is 1070. The van der Waals surface area contributed by atoms with Crippen molar-refractivity contribution in [2.75, 3.05) is 0 Å². The highest BCUT2D eigenvalue weighted by molar-refractivity contribution is 7.87. The van der Waals surface area contributed by atoms with Gasteiger partial charge in [-0.1, -0.05) is 46.8 Å². The van der Waals surface area contributed by atoms with Gasteiger partial charge in [-0.25, -0.2) is 4.39 Å². The van der Waals surface area contributed by atoms with Crippen molar-refractivity contribution in [3.05, 3.63) is 54.1 Å². The summed E-state index contributed by atoms with van der Waals surface area (Å²) in [6.07, 6.45) is -14.7. The fourth-order valence-electron chi connectivity index (χ4n) is 3.64. The van der Waals surface area contributed by atoms with Gasteiger partial charge in [-0.3, -0.25) is 0 Å². The molecular weight excluding hydrogens is 486 g/mol. The van der Waals surface area contributed by atoms with Gasteiger partial charge in [0.15, 0.2) is 0 Å². The van der Waals surface area contributed by atoms with Crippen LogP contribution >= 0.6 is 0 Å². The van der Waals surface area contributed by atoms with Crippen LogP contribution in [0.15, 0.2) is 53.4 Å². The van der Waals surface area contributed by atoms with Gasteiger partial charge in [-0.2, -0.15) is 30.4 Å². The summed E-state index contributed by atoms with van der Waals surface area (Å²) in [5, 5.41) is 0. The average molecular weight is 513 g/mol. The second-order valence-electron chi connectivity index (χ2n) is 9.72. The number of hydrogen-bond acceptors (Lipinski definition) is 4. The Kier molecular flexibility index (Phi) is 7.62. The molecule has 0 fully saturated rings. The predicted molar refractivity (Wildman–Crippen MR) is 114 cm³/mol. The number of benzene rings is 2. The molecule has 0 radical (unpaired) electrons. The zero-order valence-electron chi connectivity index (χ0n) is 19.2. The van der Waals surface area contributed by atoms with E-state index in [4.69, 9.17) is 4.18 Å². The molecule has 0 aliphatic heterocycles. The van der Waals surface area contributed by atoms with E-state index in [0.29, 0.717) is 12.1 Å². The third kappa shape index (κ3) is 7.28. The van der Waals surface area contributed by atoms with Gasteiger partial charge in [-0.05, 0) is 59.2 Å². The first-order valence-electron chi connectivity index (χ1n) is 10.2. The van der Waals surface area contributed by atoms with Crippen molar-refractivity contribution in [1.82, 2.24) is 0 Å². The predicted octanol–water partition coefficient (Wildman–Crippen LogP) is 7.04. The summed E-state index contributed by atoms with van der Waals surface area (Å²) in [5.74, 6) is -0.853. The first kappa shape index (κ1) is 27.8. The number of hydrogen-bond donors (Lipinski definition) is 0. The normalized spacial score (nSPS) is 14.6. The van der Waals surface area contributed by atoms with Crippen LogP contribution in [-0.2, 0) is 15.5 Å². The third-order valence-electron chi connectivity index (χ3n) is 4.76. The quantitative estimate of drug-likeness (QED) is 0.281. The average Bonchev–Trinajstić information content (AvgIpc) is 2.65. The van der Waals surface area contributed by atoms with Crippen molar-refractivity contribution in [3.63, 3.8) is 0 Å². The van der Waals surface area contributed by atoms with Gasteiger partial charge in [0, 0.05) is 0 Å². The summed E-state index contributed by atoms with van der Waals surface area (Å²) in [6.45, 7) is 10.5. The third-order valence-corrected chi connectivity index (χ3v) is 6.02. The zero-order chi connectivity index (χ0) is 26.2. The second kappa shape index (κ2) is 9.31. The van der Waals surface area contributed by atoms with Crippen molar-refractivity contribution in [2.24, 2.45) is 5.41 Å². The Morgan fingerprint density at radius 2 is 1.26 bits per heavy atom. The standard InChI is InChI=1S/C23H26F6O4S/c1-20(2,3)14-21(4,5)15-6-8-17(9-7-15)33-34(30,31)18-12-10-16(11-13-18)32-23(28,29)19(24)22(25,26)27/h6-13,19H,14H2,1-5H3. The molecule has 34 heavy (non-hydrogen) atoms. The highest BCUT2D eigenvalue weighted by atomic mass is 32.2. The molecule has 0 aliphatic carbocycles. The smallest absolute Gasteiger partial charge is 0.430 e. The summed E-state index contributed by atoms with van der Waals surface area (Å²) in [7, 11) is -4.39. The van der Waals surface area contributed by atoms with Crippen molar-refractivity contribution >= 4 is 10.1 Å². The second-order valence-corrected chi connectivity index (χ2v) is 11.3. The van der Waals surface area contributed by atoms with E-state index < -0.39 is 39.2 Å². The Hall–Kier alpha value is -2.43. The topological polar surface area (TPSA) is 52.6 Å². The molecule has 0 saturated heterocycles. The summed E-state index contributed by atoms with van der Waals surface area (Å²) < 4.78 is 110. The SMILES string of the molecule is CC(C)(C)CC(C)(C)c1ccc(OS(=O)(=O)c2ccc(OC(F)(F)C(F)C(F)(F)F)cc2)cc1. The molecule has 11 heteroatoms. The van der Waals surface area contributed by atoms with E-state index in [1.807, 2.05) is 0 Å². The fraction of sp³-hybridized carbons (Fsp3) is 0.478. The molecule has 0 aliphatic rings. The molecular formula is C23H26F6O4S. The summed E-state index contributed by atoms with van der Waals surface area (Å²) in [4.78, 5) is -0.465. The highest BCUT2D eigenvalue weighted by Crippen LogP contribution is 2.38. The van der Waals surface area contributed by atoms with Gasteiger partial charge >= 0.3 is 22.4 Å². The number of halogens is 6. The van der Waals surface area contributed by atoms with Gasteiger partial charge in [0.25, 0.3) is 6.17 Å². The molecule has 1 atom stereocenters.